The van der Waals surface area contributed by atoms with E-state index in [1.165, 1.54) is 0 Å². The van der Waals surface area contributed by atoms with Crippen molar-refractivity contribution in [2.24, 2.45) is 0 Å². The van der Waals surface area contributed by atoms with E-state index >= 15 is 0 Å². The predicted octanol–water partition coefficient (Wildman–Crippen LogP) is 5.71. The third kappa shape index (κ3) is 11.9. The van der Waals surface area contributed by atoms with E-state index in [1.807, 2.05) is 0 Å². The van der Waals surface area contributed by atoms with Crippen molar-refractivity contribution in [2.45, 2.75) is 117 Å². The van der Waals surface area contributed by atoms with E-state index in [1.54, 1.807) is 0 Å². The summed E-state index contributed by atoms with van der Waals surface area (Å²) in [7, 11) is -7.31. The summed E-state index contributed by atoms with van der Waals surface area (Å²) in [6.45, 7) is 27.1. The van der Waals surface area contributed by atoms with Crippen LogP contribution in [0.4, 0.5) is 0 Å². The minimum Gasteiger partial charge on any atom is -0.415 e. The van der Waals surface area contributed by atoms with Crippen molar-refractivity contribution in [3.05, 3.63) is 0 Å². The van der Waals surface area contributed by atoms with E-state index < -0.39 is 25.7 Å². The Morgan fingerprint density at radius 2 is 0.667 bits per heavy atom. The van der Waals surface area contributed by atoms with Gasteiger partial charge in [-0.05, 0) is 82.0 Å². The molecule has 0 aromatic rings. The Labute approximate surface area is 189 Å². The third-order valence-corrected chi connectivity index (χ3v) is 18.3. The van der Waals surface area contributed by atoms with E-state index in [9.17, 15) is 0 Å². The van der Waals surface area contributed by atoms with Gasteiger partial charge in [0.25, 0.3) is 0 Å². The van der Waals surface area contributed by atoms with Crippen molar-refractivity contribution in [3.8, 4) is 0 Å². The maximum atomic E-state index is 6.70. The zero-order valence-electron chi connectivity index (χ0n) is 21.7. The van der Waals surface area contributed by atoms with Gasteiger partial charge in [0.05, 0.1) is 16.8 Å². The van der Waals surface area contributed by atoms with Crippen LogP contribution >= 0.6 is 0 Å². The molecule has 180 valence electrons. The minimum atomic E-state index is -2.44. The lowest BCUT2D eigenvalue weighted by atomic mass is 10.2. The summed E-state index contributed by atoms with van der Waals surface area (Å²) in [6.07, 6.45) is 0. The van der Waals surface area contributed by atoms with Gasteiger partial charge in [0.2, 0.25) is 0 Å². The van der Waals surface area contributed by atoms with Crippen molar-refractivity contribution >= 4 is 25.7 Å². The Morgan fingerprint density at radius 3 is 0.833 bits per heavy atom. The zero-order valence-corrected chi connectivity index (χ0v) is 24.7. The van der Waals surface area contributed by atoms with Gasteiger partial charge in [-0.25, -0.2) is 0 Å². The average Bonchev–Trinajstić information content (AvgIpc) is 2.40. The van der Waals surface area contributed by atoms with E-state index in [4.69, 9.17) is 26.6 Å². The first-order chi connectivity index (χ1) is 13.2. The Kier molecular flexibility index (Phi) is 9.60. The maximum absolute atomic E-state index is 6.70. The summed E-state index contributed by atoms with van der Waals surface area (Å²) in [4.78, 5) is 0. The lowest BCUT2D eigenvalue weighted by Gasteiger charge is -2.50. The van der Waals surface area contributed by atoms with Crippen LogP contribution in [0.3, 0.4) is 0 Å². The monoisotopic (exact) mass is 480 g/mol. The van der Waals surface area contributed by atoms with E-state index in [0.717, 1.165) is 18.1 Å². The van der Waals surface area contributed by atoms with Crippen molar-refractivity contribution in [1.29, 1.82) is 0 Å². The van der Waals surface area contributed by atoms with Crippen molar-refractivity contribution in [2.75, 3.05) is 19.8 Å². The van der Waals surface area contributed by atoms with Gasteiger partial charge in [0.1, 0.15) is 0 Å². The molecule has 0 N–H and O–H groups in total. The maximum Gasteiger partial charge on any atom is 0.319 e. The topological polar surface area (TPSA) is 55.4 Å². The molecule has 1 rings (SSSR count). The van der Waals surface area contributed by atoms with Crippen LogP contribution in [0.25, 0.3) is 0 Å². The predicted molar refractivity (Wildman–Crippen MR) is 130 cm³/mol. The highest BCUT2D eigenvalue weighted by atomic mass is 28.5. The third-order valence-electron chi connectivity index (χ3n) is 4.57. The summed E-state index contributed by atoms with van der Waals surface area (Å²) in [5, 5.41) is 0. The van der Waals surface area contributed by atoms with Crippen LogP contribution in [-0.2, 0) is 26.6 Å². The molecule has 1 aliphatic rings. The Morgan fingerprint density at radius 1 is 0.467 bits per heavy atom. The van der Waals surface area contributed by atoms with Crippen LogP contribution in [0, 0.1) is 0 Å². The fraction of sp³-hybridized carbons (Fsp3) is 1.00. The van der Waals surface area contributed by atoms with E-state index in [0.29, 0.717) is 19.8 Å². The molecular formula is C21H48O6Si3. The highest BCUT2D eigenvalue weighted by Crippen LogP contribution is 2.37. The summed E-state index contributed by atoms with van der Waals surface area (Å²) in [5.74, 6) is 0. The average molecular weight is 481 g/mol. The summed E-state index contributed by atoms with van der Waals surface area (Å²) >= 11 is 0. The largest absolute Gasteiger partial charge is 0.415 e. The van der Waals surface area contributed by atoms with Crippen LogP contribution in [0.1, 0.15) is 62.3 Å². The molecule has 1 fully saturated rings. The van der Waals surface area contributed by atoms with Crippen molar-refractivity contribution < 1.29 is 26.6 Å². The standard InChI is InChI=1S/C21H48O6Si3/c1-19(2,3)22-13-16-28(10)25-29(11,17-14-23-20(4,5)6)27-30(12,26-28)18-15-24-21(7,8)9/h13-18H2,1-12H3. The number of hydrogen-bond acceptors (Lipinski definition) is 6. The van der Waals surface area contributed by atoms with Gasteiger partial charge in [-0.3, -0.25) is 0 Å². The molecule has 0 unspecified atom stereocenters. The van der Waals surface area contributed by atoms with Gasteiger partial charge >= 0.3 is 25.7 Å². The molecule has 0 radical (unpaired) electrons. The molecule has 0 amide bonds. The molecule has 9 heteroatoms. The lowest BCUT2D eigenvalue weighted by Crippen LogP contribution is -2.68. The minimum absolute atomic E-state index is 0.168. The van der Waals surface area contributed by atoms with E-state index in [-0.39, 0.29) is 16.8 Å². The van der Waals surface area contributed by atoms with Gasteiger partial charge < -0.3 is 26.6 Å². The molecule has 0 aromatic carbocycles. The van der Waals surface area contributed by atoms with Crippen LogP contribution in [-0.4, -0.2) is 62.3 Å². The van der Waals surface area contributed by atoms with Crippen LogP contribution < -0.4 is 0 Å². The quantitative estimate of drug-likeness (QED) is 0.394. The Hall–Kier alpha value is 0.411. The first-order valence-electron chi connectivity index (χ1n) is 11.3. The number of ether oxygens (including phenoxy) is 3. The van der Waals surface area contributed by atoms with Gasteiger partial charge in [-0.1, -0.05) is 0 Å². The lowest BCUT2D eigenvalue weighted by molar-refractivity contribution is -0.000912. The highest BCUT2D eigenvalue weighted by Gasteiger charge is 2.56. The molecule has 0 bridgehead atoms. The van der Waals surface area contributed by atoms with Gasteiger partial charge in [0.15, 0.2) is 0 Å². The second-order valence-electron chi connectivity index (χ2n) is 11.8. The summed E-state index contributed by atoms with van der Waals surface area (Å²) < 4.78 is 38.1. The molecule has 1 heterocycles. The first-order valence-corrected chi connectivity index (χ1v) is 18.8. The van der Waals surface area contributed by atoms with Gasteiger partial charge in [0, 0.05) is 38.0 Å². The fourth-order valence-electron chi connectivity index (χ4n) is 3.37. The van der Waals surface area contributed by atoms with Crippen LogP contribution in [0.2, 0.25) is 37.8 Å². The molecule has 30 heavy (non-hydrogen) atoms. The molecule has 1 aliphatic heterocycles. The Balaban J connectivity index is 2.91. The smallest absolute Gasteiger partial charge is 0.319 e. The zero-order chi connectivity index (χ0) is 23.5. The van der Waals surface area contributed by atoms with Gasteiger partial charge in [-0.15, -0.1) is 0 Å². The van der Waals surface area contributed by atoms with E-state index in [2.05, 4.69) is 82.0 Å². The summed E-state index contributed by atoms with van der Waals surface area (Å²) in [6, 6.07) is 2.41. The molecule has 0 atom stereocenters. The second kappa shape index (κ2) is 10.1. The molecular weight excluding hydrogens is 432 g/mol. The van der Waals surface area contributed by atoms with Crippen LogP contribution in [0.15, 0.2) is 0 Å². The molecule has 0 aliphatic carbocycles. The second-order valence-corrected chi connectivity index (χ2v) is 22.6. The SMILES string of the molecule is CC(C)(C)OCC[Si]1(C)O[Si](C)(CCOC(C)(C)C)O[Si](C)(CCOC(C)(C)C)O1. The van der Waals surface area contributed by atoms with Crippen molar-refractivity contribution in [3.63, 3.8) is 0 Å². The summed E-state index contributed by atoms with van der Waals surface area (Å²) in [5.41, 5.74) is -0.505. The first kappa shape index (κ1) is 28.4. The molecule has 0 aromatic heterocycles. The van der Waals surface area contributed by atoms with Gasteiger partial charge in [-0.2, -0.15) is 0 Å². The highest BCUT2D eigenvalue weighted by molar-refractivity contribution is 6.93. The Bertz CT molecular complexity index is 454. The normalized spacial score (nSPS) is 31.2. The molecule has 0 spiro atoms. The van der Waals surface area contributed by atoms with Crippen molar-refractivity contribution in [1.82, 2.24) is 0 Å². The fourth-order valence-corrected chi connectivity index (χ4v) is 19.8. The number of hydrogen-bond donors (Lipinski definition) is 0. The number of rotatable bonds is 9. The molecule has 0 saturated carbocycles. The van der Waals surface area contributed by atoms with Crippen LogP contribution in [0.5, 0.6) is 0 Å². The molecule has 1 saturated heterocycles. The molecule has 6 nitrogen and oxygen atoms in total.